The Morgan fingerprint density at radius 3 is 2.75 bits per heavy atom. The molecule has 100 valence electrons. The van der Waals surface area contributed by atoms with Crippen LogP contribution in [0.2, 0.25) is 0 Å². The third-order valence-electron chi connectivity index (χ3n) is 2.60. The van der Waals surface area contributed by atoms with Crippen molar-refractivity contribution in [1.82, 2.24) is 0 Å². The molecule has 0 atom stereocenters. The minimum atomic E-state index is -0.171. The number of nitriles is 1. The lowest BCUT2D eigenvalue weighted by atomic mass is 10.2. The van der Waals surface area contributed by atoms with Crippen molar-refractivity contribution in [2.24, 2.45) is 0 Å². The summed E-state index contributed by atoms with van der Waals surface area (Å²) >= 11 is 3.34. The van der Waals surface area contributed by atoms with Crippen molar-refractivity contribution < 1.29 is 4.79 Å². The highest BCUT2D eigenvalue weighted by atomic mass is 79.9. The molecule has 0 bridgehead atoms. The van der Waals surface area contributed by atoms with Crippen molar-refractivity contribution in [3.8, 4) is 6.07 Å². The van der Waals surface area contributed by atoms with E-state index in [0.29, 0.717) is 11.3 Å². The second-order valence-corrected chi connectivity index (χ2v) is 4.99. The van der Waals surface area contributed by atoms with Gasteiger partial charge in [0.05, 0.1) is 17.8 Å². The molecule has 0 spiro atoms. The predicted molar refractivity (Wildman–Crippen MR) is 82.4 cm³/mol. The zero-order valence-electron chi connectivity index (χ0n) is 10.6. The van der Waals surface area contributed by atoms with E-state index in [2.05, 4.69) is 32.6 Å². The number of carbonyl (C=O) groups excluding carboxylic acids is 1. The minimum absolute atomic E-state index is 0.102. The molecule has 0 aliphatic rings. The molecule has 0 unspecified atom stereocenters. The van der Waals surface area contributed by atoms with Crippen LogP contribution in [0.1, 0.15) is 5.56 Å². The van der Waals surface area contributed by atoms with Crippen molar-refractivity contribution in [3.05, 3.63) is 58.6 Å². The molecule has 0 aliphatic carbocycles. The Bertz CT molecular complexity index is 664. The monoisotopic (exact) mass is 329 g/mol. The van der Waals surface area contributed by atoms with Gasteiger partial charge >= 0.3 is 0 Å². The molecule has 5 heteroatoms. The van der Waals surface area contributed by atoms with E-state index in [9.17, 15) is 4.79 Å². The second kappa shape index (κ2) is 6.73. The van der Waals surface area contributed by atoms with E-state index < -0.39 is 0 Å². The smallest absolute Gasteiger partial charge is 0.243 e. The van der Waals surface area contributed by atoms with Gasteiger partial charge in [-0.1, -0.05) is 34.1 Å². The number of nitrogens with zero attached hydrogens (tertiary/aromatic N) is 1. The lowest BCUT2D eigenvalue weighted by molar-refractivity contribution is -0.114. The Morgan fingerprint density at radius 1 is 1.20 bits per heavy atom. The van der Waals surface area contributed by atoms with Crippen LogP contribution >= 0.6 is 15.9 Å². The van der Waals surface area contributed by atoms with E-state index in [1.165, 1.54) is 0 Å². The number of carbonyl (C=O) groups is 1. The summed E-state index contributed by atoms with van der Waals surface area (Å²) in [6, 6.07) is 16.5. The van der Waals surface area contributed by atoms with Gasteiger partial charge in [-0.2, -0.15) is 5.26 Å². The summed E-state index contributed by atoms with van der Waals surface area (Å²) < 4.78 is 0.901. The lowest BCUT2D eigenvalue weighted by Crippen LogP contribution is -2.22. The number of halogens is 1. The number of hydrogen-bond donors (Lipinski definition) is 2. The fourth-order valence-corrected chi connectivity index (χ4v) is 2.08. The first kappa shape index (κ1) is 14.1. The molecule has 0 saturated heterocycles. The second-order valence-electron chi connectivity index (χ2n) is 4.07. The third-order valence-corrected chi connectivity index (χ3v) is 3.09. The summed E-state index contributed by atoms with van der Waals surface area (Å²) in [7, 11) is 0. The topological polar surface area (TPSA) is 64.9 Å². The molecule has 0 fully saturated rings. The number of amides is 1. The van der Waals surface area contributed by atoms with Crippen LogP contribution in [0.4, 0.5) is 11.4 Å². The highest BCUT2D eigenvalue weighted by molar-refractivity contribution is 9.10. The Balaban J connectivity index is 1.94. The molecule has 0 aliphatic heterocycles. The number of nitrogens with one attached hydrogen (secondary N) is 2. The zero-order chi connectivity index (χ0) is 14.4. The average molecular weight is 330 g/mol. The predicted octanol–water partition coefficient (Wildman–Crippen LogP) is 3.37. The van der Waals surface area contributed by atoms with E-state index >= 15 is 0 Å². The first-order chi connectivity index (χ1) is 9.69. The summed E-state index contributed by atoms with van der Waals surface area (Å²) in [6.45, 7) is 0.102. The Morgan fingerprint density at radius 2 is 2.00 bits per heavy atom. The van der Waals surface area contributed by atoms with Gasteiger partial charge in [0.1, 0.15) is 6.07 Å². The van der Waals surface area contributed by atoms with Crippen LogP contribution in [-0.4, -0.2) is 12.5 Å². The van der Waals surface area contributed by atoms with Gasteiger partial charge in [-0.25, -0.2) is 0 Å². The first-order valence-electron chi connectivity index (χ1n) is 5.97. The summed E-state index contributed by atoms with van der Waals surface area (Å²) in [5, 5.41) is 14.7. The maximum Gasteiger partial charge on any atom is 0.243 e. The van der Waals surface area contributed by atoms with E-state index in [1.54, 1.807) is 18.2 Å². The van der Waals surface area contributed by atoms with Crippen molar-refractivity contribution in [2.75, 3.05) is 17.2 Å². The standard InChI is InChI=1S/C15H12BrN3O/c16-12-5-3-6-13(8-12)19-15(20)10-18-14-7-2-1-4-11(14)9-17/h1-8,18H,10H2,(H,19,20). The van der Waals surface area contributed by atoms with Gasteiger partial charge in [0, 0.05) is 10.2 Å². The summed E-state index contributed by atoms with van der Waals surface area (Å²) in [4.78, 5) is 11.8. The highest BCUT2D eigenvalue weighted by Gasteiger charge is 2.05. The SMILES string of the molecule is N#Cc1ccccc1NCC(=O)Nc1cccc(Br)c1. The quantitative estimate of drug-likeness (QED) is 0.903. The van der Waals surface area contributed by atoms with Crippen LogP contribution in [0, 0.1) is 11.3 Å². The maximum absolute atomic E-state index is 11.8. The third kappa shape index (κ3) is 3.84. The van der Waals surface area contributed by atoms with Gasteiger partial charge in [0.15, 0.2) is 0 Å². The minimum Gasteiger partial charge on any atom is -0.375 e. The van der Waals surface area contributed by atoms with Gasteiger partial charge in [0.25, 0.3) is 0 Å². The van der Waals surface area contributed by atoms with E-state index in [4.69, 9.17) is 5.26 Å². The van der Waals surface area contributed by atoms with Gasteiger partial charge in [0.2, 0.25) is 5.91 Å². The van der Waals surface area contributed by atoms with E-state index in [-0.39, 0.29) is 12.5 Å². The molecule has 0 heterocycles. The number of hydrogen-bond acceptors (Lipinski definition) is 3. The normalized spacial score (nSPS) is 9.60. The van der Waals surface area contributed by atoms with Gasteiger partial charge in [-0.3, -0.25) is 4.79 Å². The summed E-state index contributed by atoms with van der Waals surface area (Å²) in [5.74, 6) is -0.171. The number of rotatable bonds is 4. The molecule has 1 amide bonds. The van der Waals surface area contributed by atoms with Crippen LogP contribution in [0.3, 0.4) is 0 Å². The molecule has 2 aromatic rings. The van der Waals surface area contributed by atoms with Crippen LogP contribution in [-0.2, 0) is 4.79 Å². The van der Waals surface area contributed by atoms with E-state index in [1.807, 2.05) is 30.3 Å². The van der Waals surface area contributed by atoms with E-state index in [0.717, 1.165) is 10.2 Å². The molecule has 2 rings (SSSR count). The Labute approximate surface area is 125 Å². The van der Waals surface area contributed by atoms with Crippen molar-refractivity contribution >= 4 is 33.2 Å². The summed E-state index contributed by atoms with van der Waals surface area (Å²) in [5.41, 5.74) is 1.89. The number of benzene rings is 2. The van der Waals surface area contributed by atoms with Crippen LogP contribution in [0.5, 0.6) is 0 Å². The zero-order valence-corrected chi connectivity index (χ0v) is 12.1. The van der Waals surface area contributed by atoms with Crippen molar-refractivity contribution in [2.45, 2.75) is 0 Å². The number of anilines is 2. The Hall–Kier alpha value is -2.32. The molecule has 4 nitrogen and oxygen atoms in total. The molecule has 0 saturated carbocycles. The molecule has 0 aromatic heterocycles. The maximum atomic E-state index is 11.8. The summed E-state index contributed by atoms with van der Waals surface area (Å²) in [6.07, 6.45) is 0. The largest absolute Gasteiger partial charge is 0.375 e. The first-order valence-corrected chi connectivity index (χ1v) is 6.77. The number of para-hydroxylation sites is 1. The fourth-order valence-electron chi connectivity index (χ4n) is 1.68. The molecule has 2 aromatic carbocycles. The van der Waals surface area contributed by atoms with Gasteiger partial charge in [-0.05, 0) is 30.3 Å². The average Bonchev–Trinajstić information content (AvgIpc) is 2.45. The van der Waals surface area contributed by atoms with Crippen molar-refractivity contribution in [3.63, 3.8) is 0 Å². The fraction of sp³-hybridized carbons (Fsp3) is 0.0667. The molecular weight excluding hydrogens is 318 g/mol. The van der Waals surface area contributed by atoms with Crippen LogP contribution < -0.4 is 10.6 Å². The molecular formula is C15H12BrN3O. The Kier molecular flexibility index (Phi) is 4.75. The lowest BCUT2D eigenvalue weighted by Gasteiger charge is -2.09. The van der Waals surface area contributed by atoms with Crippen molar-refractivity contribution in [1.29, 1.82) is 5.26 Å². The molecule has 2 N–H and O–H groups in total. The highest BCUT2D eigenvalue weighted by Crippen LogP contribution is 2.16. The molecule has 20 heavy (non-hydrogen) atoms. The molecule has 0 radical (unpaired) electrons. The van der Waals surface area contributed by atoms with Crippen LogP contribution in [0.25, 0.3) is 0 Å². The van der Waals surface area contributed by atoms with Gasteiger partial charge in [-0.15, -0.1) is 0 Å². The van der Waals surface area contributed by atoms with Gasteiger partial charge < -0.3 is 10.6 Å². The van der Waals surface area contributed by atoms with Crippen LogP contribution in [0.15, 0.2) is 53.0 Å².